The molecule has 0 fully saturated rings. The summed E-state index contributed by atoms with van der Waals surface area (Å²) < 4.78 is 13.9. The predicted octanol–water partition coefficient (Wildman–Crippen LogP) is 3.44. The lowest BCUT2D eigenvalue weighted by atomic mass is 10.1. The molecule has 1 heterocycles. The van der Waals surface area contributed by atoms with Crippen molar-refractivity contribution in [3.8, 4) is 0 Å². The summed E-state index contributed by atoms with van der Waals surface area (Å²) in [5, 5.41) is 0.864. The van der Waals surface area contributed by atoms with Gasteiger partial charge in [0.25, 0.3) is 0 Å². The Labute approximate surface area is 83.7 Å². The third kappa shape index (κ3) is 1.44. The van der Waals surface area contributed by atoms with Crippen LogP contribution in [-0.4, -0.2) is 4.98 Å². The highest BCUT2D eigenvalue weighted by Gasteiger charge is 2.04. The van der Waals surface area contributed by atoms with E-state index < -0.39 is 0 Å². The van der Waals surface area contributed by atoms with Gasteiger partial charge in [-0.25, -0.2) is 9.37 Å². The Morgan fingerprint density at radius 2 is 2.00 bits per heavy atom. The normalized spacial score (nSPS) is 10.7. The number of halogens is 2. The number of pyridine rings is 1. The van der Waals surface area contributed by atoms with Crippen LogP contribution >= 0.6 is 15.9 Å². The molecule has 0 amide bonds. The number of hydrogen-bond acceptors (Lipinski definition) is 1. The molecule has 0 bridgehead atoms. The van der Waals surface area contributed by atoms with Gasteiger partial charge in [-0.15, -0.1) is 0 Å². The van der Waals surface area contributed by atoms with E-state index in [0.29, 0.717) is 10.1 Å². The van der Waals surface area contributed by atoms with Gasteiger partial charge in [-0.1, -0.05) is 6.07 Å². The van der Waals surface area contributed by atoms with E-state index in [9.17, 15) is 4.39 Å². The van der Waals surface area contributed by atoms with Crippen LogP contribution in [0, 0.1) is 12.7 Å². The van der Waals surface area contributed by atoms with E-state index in [4.69, 9.17) is 0 Å². The summed E-state index contributed by atoms with van der Waals surface area (Å²) in [5.41, 5.74) is 1.46. The van der Waals surface area contributed by atoms with Gasteiger partial charge in [0.2, 0.25) is 0 Å². The summed E-state index contributed by atoms with van der Waals surface area (Å²) >= 11 is 3.21. The molecule has 0 aliphatic heterocycles. The maximum Gasteiger partial charge on any atom is 0.149 e. The van der Waals surface area contributed by atoms with Crippen LogP contribution in [0.4, 0.5) is 4.39 Å². The van der Waals surface area contributed by atoms with Crippen molar-refractivity contribution in [1.29, 1.82) is 0 Å². The fourth-order valence-electron chi connectivity index (χ4n) is 1.30. The zero-order valence-corrected chi connectivity index (χ0v) is 8.60. The van der Waals surface area contributed by atoms with Crippen LogP contribution in [0.15, 0.2) is 28.9 Å². The molecule has 0 aliphatic rings. The monoisotopic (exact) mass is 239 g/mol. The van der Waals surface area contributed by atoms with Crippen molar-refractivity contribution in [2.45, 2.75) is 6.92 Å². The first kappa shape index (κ1) is 8.63. The van der Waals surface area contributed by atoms with Crippen LogP contribution in [0.1, 0.15) is 5.56 Å². The summed E-state index contributed by atoms with van der Waals surface area (Å²) in [4.78, 5) is 4.08. The van der Waals surface area contributed by atoms with E-state index in [2.05, 4.69) is 20.9 Å². The Morgan fingerprint density at radius 1 is 1.23 bits per heavy atom. The molecule has 1 nitrogen and oxygen atoms in total. The minimum atomic E-state index is -0.276. The highest BCUT2D eigenvalue weighted by Crippen LogP contribution is 2.21. The largest absolute Gasteiger partial charge is 0.238 e. The fraction of sp³-hybridized carbons (Fsp3) is 0.100. The van der Waals surface area contributed by atoms with E-state index >= 15 is 0 Å². The number of nitrogens with zero attached hydrogens (tertiary/aromatic N) is 1. The maximum absolute atomic E-state index is 13.3. The molecule has 66 valence electrons. The molecule has 0 N–H and O–H groups in total. The molecule has 13 heavy (non-hydrogen) atoms. The minimum Gasteiger partial charge on any atom is -0.238 e. The van der Waals surface area contributed by atoms with E-state index in [1.54, 1.807) is 6.07 Å². The van der Waals surface area contributed by atoms with Gasteiger partial charge in [0, 0.05) is 5.39 Å². The van der Waals surface area contributed by atoms with Crippen molar-refractivity contribution in [2.24, 2.45) is 0 Å². The molecule has 2 rings (SSSR count). The number of hydrogen-bond donors (Lipinski definition) is 0. The van der Waals surface area contributed by atoms with Crippen LogP contribution in [0.25, 0.3) is 10.9 Å². The second-order valence-corrected chi connectivity index (χ2v) is 3.71. The van der Waals surface area contributed by atoms with Gasteiger partial charge in [-0.05, 0) is 46.6 Å². The van der Waals surface area contributed by atoms with Crippen molar-refractivity contribution < 1.29 is 4.39 Å². The SMILES string of the molecule is Cc1ccc(F)c2nc(Br)ccc12. The summed E-state index contributed by atoms with van der Waals surface area (Å²) in [6.45, 7) is 1.94. The van der Waals surface area contributed by atoms with Gasteiger partial charge in [-0.2, -0.15) is 0 Å². The van der Waals surface area contributed by atoms with Crippen molar-refractivity contribution in [1.82, 2.24) is 4.98 Å². The third-order valence-electron chi connectivity index (χ3n) is 1.99. The topological polar surface area (TPSA) is 12.9 Å². The van der Waals surface area contributed by atoms with Crippen LogP contribution in [0.3, 0.4) is 0 Å². The Kier molecular flexibility index (Phi) is 2.04. The first-order chi connectivity index (χ1) is 6.18. The second-order valence-electron chi connectivity index (χ2n) is 2.89. The molecule has 1 aromatic heterocycles. The molecule has 0 unspecified atom stereocenters. The van der Waals surface area contributed by atoms with Crippen molar-refractivity contribution in [3.63, 3.8) is 0 Å². The zero-order chi connectivity index (χ0) is 9.42. The van der Waals surface area contributed by atoms with Gasteiger partial charge in [-0.3, -0.25) is 0 Å². The van der Waals surface area contributed by atoms with Gasteiger partial charge in [0.05, 0.1) is 0 Å². The lowest BCUT2D eigenvalue weighted by molar-refractivity contribution is 0.636. The molecular weight excluding hydrogens is 233 g/mol. The zero-order valence-electron chi connectivity index (χ0n) is 7.01. The quantitative estimate of drug-likeness (QED) is 0.642. The molecule has 1 aromatic carbocycles. The molecule has 3 heteroatoms. The average molecular weight is 240 g/mol. The van der Waals surface area contributed by atoms with E-state index in [0.717, 1.165) is 10.9 Å². The van der Waals surface area contributed by atoms with E-state index in [-0.39, 0.29) is 5.82 Å². The Balaban J connectivity index is 2.92. The highest BCUT2D eigenvalue weighted by atomic mass is 79.9. The van der Waals surface area contributed by atoms with Crippen LogP contribution in [0.5, 0.6) is 0 Å². The smallest absolute Gasteiger partial charge is 0.149 e. The summed E-state index contributed by atoms with van der Waals surface area (Å²) in [7, 11) is 0. The number of benzene rings is 1. The van der Waals surface area contributed by atoms with Crippen LogP contribution < -0.4 is 0 Å². The van der Waals surface area contributed by atoms with Gasteiger partial charge in [0.1, 0.15) is 15.9 Å². The Morgan fingerprint density at radius 3 is 2.77 bits per heavy atom. The fourth-order valence-corrected chi connectivity index (χ4v) is 1.61. The van der Waals surface area contributed by atoms with Gasteiger partial charge >= 0.3 is 0 Å². The van der Waals surface area contributed by atoms with E-state index in [1.807, 2.05) is 19.1 Å². The number of aryl methyl sites for hydroxylation is 1. The Bertz CT molecular complexity index is 468. The van der Waals surface area contributed by atoms with E-state index in [1.165, 1.54) is 6.07 Å². The van der Waals surface area contributed by atoms with Crippen LogP contribution in [-0.2, 0) is 0 Å². The van der Waals surface area contributed by atoms with Crippen molar-refractivity contribution >= 4 is 26.8 Å². The summed E-state index contributed by atoms with van der Waals surface area (Å²) in [5.74, 6) is -0.276. The van der Waals surface area contributed by atoms with Gasteiger partial charge < -0.3 is 0 Å². The molecule has 0 aliphatic carbocycles. The predicted molar refractivity (Wildman–Crippen MR) is 54.1 cm³/mol. The number of rotatable bonds is 0. The molecule has 0 saturated heterocycles. The average Bonchev–Trinajstić information content (AvgIpc) is 2.12. The molecule has 0 atom stereocenters. The molecule has 0 saturated carbocycles. The molecule has 0 radical (unpaired) electrons. The standard InChI is InChI=1S/C10H7BrFN/c1-6-2-4-8(12)10-7(6)3-5-9(11)13-10/h2-5H,1H3. The number of aromatic nitrogens is 1. The lowest BCUT2D eigenvalue weighted by Gasteiger charge is -2.02. The summed E-state index contributed by atoms with van der Waals surface area (Å²) in [6, 6.07) is 6.88. The van der Waals surface area contributed by atoms with Crippen LogP contribution in [0.2, 0.25) is 0 Å². The van der Waals surface area contributed by atoms with Gasteiger partial charge in [0.15, 0.2) is 0 Å². The first-order valence-corrected chi connectivity index (χ1v) is 4.69. The van der Waals surface area contributed by atoms with Crippen molar-refractivity contribution in [2.75, 3.05) is 0 Å². The molecular formula is C10H7BrFN. The lowest BCUT2D eigenvalue weighted by Crippen LogP contribution is -1.87. The number of fused-ring (bicyclic) bond motifs is 1. The second kappa shape index (κ2) is 3.07. The first-order valence-electron chi connectivity index (χ1n) is 3.90. The summed E-state index contributed by atoms with van der Waals surface area (Å²) in [6.07, 6.45) is 0. The van der Waals surface area contributed by atoms with Crippen molar-refractivity contribution in [3.05, 3.63) is 40.2 Å². The maximum atomic E-state index is 13.3. The third-order valence-corrected chi connectivity index (χ3v) is 2.43. The molecule has 0 spiro atoms. The minimum absolute atomic E-state index is 0.276. The highest BCUT2D eigenvalue weighted by molar-refractivity contribution is 9.10. The molecule has 2 aromatic rings. The Hall–Kier alpha value is -0.960.